The molecule has 23 heavy (non-hydrogen) atoms. The maximum Gasteiger partial charge on any atom is 0.227 e. The molecule has 0 bridgehead atoms. The SMILES string of the molecule is COc1ccc(C)c2c1N(C(=O)CC1C=CS(=O)(=O)C1)CCC2. The molecule has 3 rings (SSSR count). The highest BCUT2D eigenvalue weighted by atomic mass is 32.2. The molecule has 0 N–H and O–H groups in total. The zero-order chi connectivity index (χ0) is 16.6. The van der Waals surface area contributed by atoms with Crippen LogP contribution in [0.3, 0.4) is 0 Å². The van der Waals surface area contributed by atoms with Crippen LogP contribution in [0.4, 0.5) is 5.69 Å². The minimum absolute atomic E-state index is 0.0321. The number of aryl methyl sites for hydroxylation is 1. The zero-order valence-electron chi connectivity index (χ0n) is 13.4. The van der Waals surface area contributed by atoms with Crippen LogP contribution in [0.15, 0.2) is 23.6 Å². The van der Waals surface area contributed by atoms with Crippen molar-refractivity contribution < 1.29 is 17.9 Å². The van der Waals surface area contributed by atoms with Gasteiger partial charge in [0.25, 0.3) is 0 Å². The van der Waals surface area contributed by atoms with E-state index in [1.165, 1.54) is 5.41 Å². The van der Waals surface area contributed by atoms with E-state index in [9.17, 15) is 13.2 Å². The summed E-state index contributed by atoms with van der Waals surface area (Å²) in [4.78, 5) is 14.5. The molecule has 0 aliphatic carbocycles. The topological polar surface area (TPSA) is 63.7 Å². The molecule has 0 fully saturated rings. The number of allylic oxidation sites excluding steroid dienone is 1. The first kappa shape index (κ1) is 16.1. The Morgan fingerprint density at radius 1 is 1.39 bits per heavy atom. The number of benzene rings is 1. The van der Waals surface area contributed by atoms with E-state index in [1.807, 2.05) is 19.1 Å². The largest absolute Gasteiger partial charge is 0.495 e. The van der Waals surface area contributed by atoms with Crippen LogP contribution < -0.4 is 9.64 Å². The Morgan fingerprint density at radius 2 is 2.17 bits per heavy atom. The lowest BCUT2D eigenvalue weighted by Crippen LogP contribution is -2.37. The molecule has 1 unspecified atom stereocenters. The summed E-state index contributed by atoms with van der Waals surface area (Å²) in [6, 6.07) is 3.90. The molecule has 0 saturated heterocycles. The predicted octanol–water partition coefficient (Wildman–Crippen LogP) is 2.23. The normalized spacial score (nSPS) is 22.0. The molecule has 2 aliphatic rings. The Morgan fingerprint density at radius 3 is 2.83 bits per heavy atom. The van der Waals surface area contributed by atoms with Crippen molar-refractivity contribution in [3.8, 4) is 5.75 Å². The minimum Gasteiger partial charge on any atom is -0.495 e. The first-order chi connectivity index (χ1) is 10.9. The van der Waals surface area contributed by atoms with E-state index in [2.05, 4.69) is 0 Å². The third-order valence-electron chi connectivity index (χ3n) is 4.52. The van der Waals surface area contributed by atoms with Crippen molar-refractivity contribution in [1.82, 2.24) is 0 Å². The zero-order valence-corrected chi connectivity index (χ0v) is 14.2. The van der Waals surface area contributed by atoms with Crippen molar-refractivity contribution in [2.45, 2.75) is 26.2 Å². The summed E-state index contributed by atoms with van der Waals surface area (Å²) < 4.78 is 28.5. The lowest BCUT2D eigenvalue weighted by atomic mass is 9.95. The van der Waals surface area contributed by atoms with Gasteiger partial charge in [0.05, 0.1) is 18.6 Å². The quantitative estimate of drug-likeness (QED) is 0.850. The summed E-state index contributed by atoms with van der Waals surface area (Å²) in [5.41, 5.74) is 3.16. The fraction of sp³-hybridized carbons (Fsp3) is 0.471. The third-order valence-corrected chi connectivity index (χ3v) is 5.99. The van der Waals surface area contributed by atoms with Gasteiger partial charge in [0.1, 0.15) is 5.75 Å². The fourth-order valence-corrected chi connectivity index (χ4v) is 4.77. The summed E-state index contributed by atoms with van der Waals surface area (Å²) >= 11 is 0. The molecule has 2 aliphatic heterocycles. The summed E-state index contributed by atoms with van der Waals surface area (Å²) in [5.74, 6) is 0.466. The number of sulfone groups is 1. The van der Waals surface area contributed by atoms with Gasteiger partial charge in [0.15, 0.2) is 9.84 Å². The Kier molecular flexibility index (Phi) is 4.19. The van der Waals surface area contributed by atoms with Gasteiger partial charge in [-0.2, -0.15) is 0 Å². The van der Waals surface area contributed by atoms with Crippen molar-refractivity contribution in [3.05, 3.63) is 34.7 Å². The number of hydrogen-bond donors (Lipinski definition) is 0. The average Bonchev–Trinajstić information content (AvgIpc) is 2.86. The van der Waals surface area contributed by atoms with Crippen LogP contribution in [0, 0.1) is 12.8 Å². The Bertz CT molecular complexity index is 767. The van der Waals surface area contributed by atoms with E-state index < -0.39 is 9.84 Å². The monoisotopic (exact) mass is 335 g/mol. The van der Waals surface area contributed by atoms with E-state index in [0.717, 1.165) is 29.7 Å². The van der Waals surface area contributed by atoms with Crippen LogP contribution in [-0.2, 0) is 21.1 Å². The van der Waals surface area contributed by atoms with Crippen LogP contribution in [0.2, 0.25) is 0 Å². The van der Waals surface area contributed by atoms with Gasteiger partial charge >= 0.3 is 0 Å². The lowest BCUT2D eigenvalue weighted by Gasteiger charge is -2.32. The summed E-state index contributed by atoms with van der Waals surface area (Å²) in [7, 11) is -1.52. The Balaban J connectivity index is 1.87. The highest BCUT2D eigenvalue weighted by Crippen LogP contribution is 2.39. The predicted molar refractivity (Wildman–Crippen MR) is 89.4 cm³/mol. The number of carbonyl (C=O) groups excluding carboxylic acids is 1. The number of ether oxygens (including phenoxy) is 1. The van der Waals surface area contributed by atoms with Crippen molar-refractivity contribution in [1.29, 1.82) is 0 Å². The van der Waals surface area contributed by atoms with Crippen molar-refractivity contribution >= 4 is 21.4 Å². The number of rotatable bonds is 3. The fourth-order valence-electron chi connectivity index (χ4n) is 3.37. The second kappa shape index (κ2) is 6.00. The van der Waals surface area contributed by atoms with E-state index >= 15 is 0 Å². The van der Waals surface area contributed by atoms with Crippen LogP contribution in [0.1, 0.15) is 24.0 Å². The minimum atomic E-state index is -3.13. The Hall–Kier alpha value is -1.82. The van der Waals surface area contributed by atoms with Gasteiger partial charge in [-0.3, -0.25) is 4.79 Å². The summed E-state index contributed by atoms with van der Waals surface area (Å²) in [6.07, 6.45) is 3.68. The van der Waals surface area contributed by atoms with Crippen LogP contribution in [0.5, 0.6) is 5.75 Å². The van der Waals surface area contributed by atoms with E-state index in [1.54, 1.807) is 18.1 Å². The van der Waals surface area contributed by atoms with Gasteiger partial charge in [-0.25, -0.2) is 8.42 Å². The average molecular weight is 335 g/mol. The van der Waals surface area contributed by atoms with E-state index in [4.69, 9.17) is 4.74 Å². The number of nitrogens with zero attached hydrogens (tertiary/aromatic N) is 1. The number of amides is 1. The second-order valence-corrected chi connectivity index (χ2v) is 8.11. The number of hydrogen-bond acceptors (Lipinski definition) is 4. The maximum atomic E-state index is 12.7. The third kappa shape index (κ3) is 3.13. The maximum absolute atomic E-state index is 12.7. The molecule has 1 aromatic carbocycles. The highest BCUT2D eigenvalue weighted by Gasteiger charge is 2.30. The van der Waals surface area contributed by atoms with Crippen LogP contribution in [-0.4, -0.2) is 33.7 Å². The first-order valence-electron chi connectivity index (χ1n) is 7.79. The molecule has 2 heterocycles. The highest BCUT2D eigenvalue weighted by molar-refractivity contribution is 7.94. The molecular weight excluding hydrogens is 314 g/mol. The molecule has 1 atom stereocenters. The van der Waals surface area contributed by atoms with Gasteiger partial charge in [-0.1, -0.05) is 12.1 Å². The number of anilines is 1. The van der Waals surface area contributed by atoms with Gasteiger partial charge < -0.3 is 9.64 Å². The van der Waals surface area contributed by atoms with Gasteiger partial charge in [-0.05, 0) is 37.0 Å². The molecule has 0 aromatic heterocycles. The van der Waals surface area contributed by atoms with Crippen molar-refractivity contribution in [3.63, 3.8) is 0 Å². The standard InChI is InChI=1S/C17H21NO4S/c1-12-5-6-15(22-2)17-14(12)4-3-8-18(17)16(19)10-13-7-9-23(20,21)11-13/h5-7,9,13H,3-4,8,10-11H2,1-2H3. The molecule has 0 spiro atoms. The molecule has 0 radical (unpaired) electrons. The van der Waals surface area contributed by atoms with E-state index in [-0.39, 0.29) is 24.0 Å². The van der Waals surface area contributed by atoms with Crippen molar-refractivity contribution in [2.24, 2.45) is 5.92 Å². The number of fused-ring (bicyclic) bond motifs is 1. The molecule has 0 saturated carbocycles. The lowest BCUT2D eigenvalue weighted by molar-refractivity contribution is -0.119. The van der Waals surface area contributed by atoms with Crippen molar-refractivity contribution in [2.75, 3.05) is 24.3 Å². The Labute approximate surface area is 136 Å². The summed E-state index contributed by atoms with van der Waals surface area (Å²) in [6.45, 7) is 2.69. The molecule has 124 valence electrons. The van der Waals surface area contributed by atoms with E-state index in [0.29, 0.717) is 12.3 Å². The van der Waals surface area contributed by atoms with Gasteiger partial charge in [0.2, 0.25) is 5.91 Å². The molecule has 5 nitrogen and oxygen atoms in total. The molecule has 1 aromatic rings. The number of carbonyl (C=O) groups is 1. The van der Waals surface area contributed by atoms with Crippen LogP contribution >= 0.6 is 0 Å². The molecule has 6 heteroatoms. The molecular formula is C17H21NO4S. The first-order valence-corrected chi connectivity index (χ1v) is 9.50. The van der Waals surface area contributed by atoms with Crippen LogP contribution in [0.25, 0.3) is 0 Å². The number of methoxy groups -OCH3 is 1. The van der Waals surface area contributed by atoms with Gasteiger partial charge in [-0.15, -0.1) is 0 Å². The second-order valence-electron chi connectivity index (χ2n) is 6.18. The van der Waals surface area contributed by atoms with Gasteiger partial charge in [0, 0.05) is 24.3 Å². The smallest absolute Gasteiger partial charge is 0.227 e. The molecule has 1 amide bonds. The summed E-state index contributed by atoms with van der Waals surface area (Å²) in [5, 5.41) is 1.22.